The highest BCUT2D eigenvalue weighted by atomic mass is 16.7. The Labute approximate surface area is 99.7 Å². The average molecular weight is 236 g/mol. The number of rotatable bonds is 2. The largest absolute Gasteiger partial charge is 0.478 e. The molecule has 0 atom stereocenters. The molecule has 2 rings (SSSR count). The van der Waals surface area contributed by atoms with E-state index in [-0.39, 0.29) is 5.56 Å². The lowest BCUT2D eigenvalue weighted by molar-refractivity contribution is 0.0696. The van der Waals surface area contributed by atoms with Crippen molar-refractivity contribution in [3.05, 3.63) is 23.3 Å². The van der Waals surface area contributed by atoms with Crippen LogP contribution in [0.25, 0.3) is 0 Å². The van der Waals surface area contributed by atoms with Crippen LogP contribution in [0.3, 0.4) is 0 Å². The van der Waals surface area contributed by atoms with E-state index < -0.39 is 5.97 Å². The Morgan fingerprint density at radius 2 is 2.24 bits per heavy atom. The van der Waals surface area contributed by atoms with Crippen LogP contribution in [0.15, 0.2) is 12.1 Å². The SMILES string of the molecule is Cc1cc(N2CCCCO2)cc(C(=O)O)c1N. The van der Waals surface area contributed by atoms with Crippen LogP contribution in [0.4, 0.5) is 11.4 Å². The lowest BCUT2D eigenvalue weighted by Gasteiger charge is -2.28. The van der Waals surface area contributed by atoms with E-state index >= 15 is 0 Å². The van der Waals surface area contributed by atoms with Gasteiger partial charge in [0, 0.05) is 12.2 Å². The van der Waals surface area contributed by atoms with E-state index in [9.17, 15) is 4.79 Å². The zero-order valence-electron chi connectivity index (χ0n) is 9.77. The zero-order valence-corrected chi connectivity index (χ0v) is 9.77. The third-order valence-corrected chi connectivity index (χ3v) is 2.89. The van der Waals surface area contributed by atoms with Crippen LogP contribution in [-0.2, 0) is 4.84 Å². The predicted octanol–water partition coefficient (Wildman–Crippen LogP) is 1.81. The summed E-state index contributed by atoms with van der Waals surface area (Å²) in [6, 6.07) is 3.42. The first-order valence-corrected chi connectivity index (χ1v) is 5.63. The quantitative estimate of drug-likeness (QED) is 0.766. The maximum absolute atomic E-state index is 11.1. The average Bonchev–Trinajstić information content (AvgIpc) is 2.33. The van der Waals surface area contributed by atoms with E-state index in [2.05, 4.69) is 0 Å². The number of hydrogen-bond acceptors (Lipinski definition) is 4. The van der Waals surface area contributed by atoms with Crippen molar-refractivity contribution < 1.29 is 14.7 Å². The van der Waals surface area contributed by atoms with Crippen LogP contribution < -0.4 is 10.8 Å². The summed E-state index contributed by atoms with van der Waals surface area (Å²) in [5.41, 5.74) is 7.71. The third-order valence-electron chi connectivity index (χ3n) is 2.89. The zero-order chi connectivity index (χ0) is 12.4. The highest BCUT2D eigenvalue weighted by Gasteiger charge is 2.17. The molecule has 1 aliphatic heterocycles. The van der Waals surface area contributed by atoms with Crippen LogP contribution >= 0.6 is 0 Å². The van der Waals surface area contributed by atoms with E-state index in [1.807, 2.05) is 6.07 Å². The highest BCUT2D eigenvalue weighted by Crippen LogP contribution is 2.27. The van der Waals surface area contributed by atoms with Crippen molar-refractivity contribution >= 4 is 17.3 Å². The second-order valence-electron chi connectivity index (χ2n) is 4.17. The molecular weight excluding hydrogens is 220 g/mol. The second kappa shape index (κ2) is 4.63. The number of carboxylic acid groups (broad SMARTS) is 1. The number of benzene rings is 1. The van der Waals surface area contributed by atoms with Crippen LogP contribution in [0.2, 0.25) is 0 Å². The molecule has 5 nitrogen and oxygen atoms in total. The van der Waals surface area contributed by atoms with E-state index in [0.717, 1.165) is 30.6 Å². The lowest BCUT2D eigenvalue weighted by Crippen LogP contribution is -2.30. The van der Waals surface area contributed by atoms with Crippen LogP contribution in [0.5, 0.6) is 0 Å². The summed E-state index contributed by atoms with van der Waals surface area (Å²) in [6.45, 7) is 3.25. The number of aryl methyl sites for hydroxylation is 1. The Kier molecular flexibility index (Phi) is 3.19. The topological polar surface area (TPSA) is 75.8 Å². The van der Waals surface area contributed by atoms with Crippen molar-refractivity contribution in [1.29, 1.82) is 0 Å². The van der Waals surface area contributed by atoms with Crippen molar-refractivity contribution in [2.45, 2.75) is 19.8 Å². The fourth-order valence-electron chi connectivity index (χ4n) is 1.90. The van der Waals surface area contributed by atoms with Gasteiger partial charge in [0.05, 0.1) is 17.9 Å². The Hall–Kier alpha value is -1.75. The van der Waals surface area contributed by atoms with Gasteiger partial charge in [-0.1, -0.05) is 0 Å². The molecular formula is C12H16N2O3. The lowest BCUT2D eigenvalue weighted by atomic mass is 10.1. The van der Waals surface area contributed by atoms with Gasteiger partial charge < -0.3 is 10.8 Å². The van der Waals surface area contributed by atoms with Gasteiger partial charge in [-0.25, -0.2) is 4.79 Å². The van der Waals surface area contributed by atoms with E-state index in [1.165, 1.54) is 0 Å². The molecule has 1 aromatic carbocycles. The number of nitrogen functional groups attached to an aromatic ring is 1. The molecule has 0 aliphatic carbocycles. The van der Waals surface area contributed by atoms with Gasteiger partial charge in [0.1, 0.15) is 0 Å². The fraction of sp³-hybridized carbons (Fsp3) is 0.417. The minimum absolute atomic E-state index is 0.133. The molecule has 1 fully saturated rings. The molecule has 1 aromatic rings. The summed E-state index contributed by atoms with van der Waals surface area (Å²) in [5.74, 6) is -1.01. The van der Waals surface area contributed by atoms with Crippen molar-refractivity contribution in [2.75, 3.05) is 23.9 Å². The van der Waals surface area contributed by atoms with E-state index in [1.54, 1.807) is 18.1 Å². The molecule has 1 aliphatic rings. The smallest absolute Gasteiger partial charge is 0.337 e. The molecule has 0 radical (unpaired) electrons. The Bertz CT molecular complexity index is 440. The molecule has 0 aromatic heterocycles. The number of carboxylic acids is 1. The van der Waals surface area contributed by atoms with Gasteiger partial charge in [-0.15, -0.1) is 0 Å². The van der Waals surface area contributed by atoms with Gasteiger partial charge >= 0.3 is 5.97 Å². The second-order valence-corrected chi connectivity index (χ2v) is 4.17. The number of nitrogens with zero attached hydrogens (tertiary/aromatic N) is 1. The standard InChI is InChI=1S/C12H16N2O3/c1-8-6-9(14-4-2-3-5-17-14)7-10(11(8)13)12(15)16/h6-7H,2-5,13H2,1H3,(H,15,16). The minimum Gasteiger partial charge on any atom is -0.478 e. The van der Waals surface area contributed by atoms with E-state index in [0.29, 0.717) is 12.3 Å². The molecule has 0 unspecified atom stereocenters. The Balaban J connectivity index is 2.37. The molecule has 1 heterocycles. The molecule has 1 saturated heterocycles. The number of carbonyl (C=O) groups is 1. The normalized spacial score (nSPS) is 15.9. The molecule has 0 bridgehead atoms. The molecule has 5 heteroatoms. The maximum Gasteiger partial charge on any atom is 0.337 e. The molecule has 3 N–H and O–H groups in total. The molecule has 0 spiro atoms. The van der Waals surface area contributed by atoms with Crippen molar-refractivity contribution in [2.24, 2.45) is 0 Å². The third kappa shape index (κ3) is 2.34. The van der Waals surface area contributed by atoms with Crippen LogP contribution in [0, 0.1) is 6.92 Å². The molecule has 92 valence electrons. The summed E-state index contributed by atoms with van der Waals surface area (Å²) < 4.78 is 0. The first-order valence-electron chi connectivity index (χ1n) is 5.63. The Morgan fingerprint density at radius 3 is 2.82 bits per heavy atom. The number of nitrogens with two attached hydrogens (primary N) is 1. The van der Waals surface area contributed by atoms with Gasteiger partial charge in [0.2, 0.25) is 0 Å². The Morgan fingerprint density at radius 1 is 1.47 bits per heavy atom. The predicted molar refractivity (Wildman–Crippen MR) is 65.1 cm³/mol. The van der Waals surface area contributed by atoms with Gasteiger partial charge in [-0.05, 0) is 37.5 Å². The van der Waals surface area contributed by atoms with Crippen LogP contribution in [-0.4, -0.2) is 24.2 Å². The summed E-state index contributed by atoms with van der Waals surface area (Å²) in [6.07, 6.45) is 2.09. The van der Waals surface area contributed by atoms with Crippen molar-refractivity contribution in [3.8, 4) is 0 Å². The number of aromatic carboxylic acids is 1. The molecule has 0 amide bonds. The fourth-order valence-corrected chi connectivity index (χ4v) is 1.90. The number of anilines is 2. The first kappa shape index (κ1) is 11.7. The van der Waals surface area contributed by atoms with Crippen molar-refractivity contribution in [3.63, 3.8) is 0 Å². The van der Waals surface area contributed by atoms with Gasteiger partial charge in [0.25, 0.3) is 0 Å². The van der Waals surface area contributed by atoms with Gasteiger partial charge in [-0.2, -0.15) is 0 Å². The number of hydroxylamine groups is 1. The minimum atomic E-state index is -1.01. The number of hydrogen-bond donors (Lipinski definition) is 2. The summed E-state index contributed by atoms with van der Waals surface area (Å²) in [4.78, 5) is 16.6. The van der Waals surface area contributed by atoms with Gasteiger partial charge in [0.15, 0.2) is 0 Å². The maximum atomic E-state index is 11.1. The molecule has 17 heavy (non-hydrogen) atoms. The van der Waals surface area contributed by atoms with Crippen molar-refractivity contribution in [1.82, 2.24) is 0 Å². The first-order chi connectivity index (χ1) is 8.09. The summed E-state index contributed by atoms with van der Waals surface area (Å²) >= 11 is 0. The van der Waals surface area contributed by atoms with Gasteiger partial charge in [-0.3, -0.25) is 9.90 Å². The monoisotopic (exact) mass is 236 g/mol. The van der Waals surface area contributed by atoms with Crippen LogP contribution in [0.1, 0.15) is 28.8 Å². The summed E-state index contributed by atoms with van der Waals surface area (Å²) in [5, 5.41) is 10.8. The highest BCUT2D eigenvalue weighted by molar-refractivity contribution is 5.95. The molecule has 0 saturated carbocycles. The summed E-state index contributed by atoms with van der Waals surface area (Å²) in [7, 11) is 0. The van der Waals surface area contributed by atoms with E-state index in [4.69, 9.17) is 15.7 Å².